The van der Waals surface area contributed by atoms with Crippen LogP contribution in [0.15, 0.2) is 52.7 Å². The Labute approximate surface area is 169 Å². The maximum absolute atomic E-state index is 13.2. The Morgan fingerprint density at radius 3 is 2.78 bits per heavy atom. The van der Waals surface area contributed by atoms with Crippen LogP contribution in [-0.4, -0.2) is 44.9 Å². The molecule has 1 amide bonds. The number of benzene rings is 1. The van der Waals surface area contributed by atoms with Gasteiger partial charge in [-0.15, -0.1) is 11.3 Å². The molecule has 1 N–H and O–H groups in total. The van der Waals surface area contributed by atoms with E-state index < -0.39 is 0 Å². The van der Waals surface area contributed by atoms with E-state index >= 15 is 0 Å². The Hall–Kier alpha value is -2.32. The lowest BCUT2D eigenvalue weighted by atomic mass is 10.1. The van der Waals surface area contributed by atoms with Gasteiger partial charge in [-0.3, -0.25) is 4.79 Å². The van der Waals surface area contributed by atoms with Crippen LogP contribution in [0.1, 0.15) is 23.3 Å². The molecule has 0 bridgehead atoms. The number of rotatable bonds is 5. The van der Waals surface area contributed by atoms with Crippen LogP contribution in [0.2, 0.25) is 0 Å². The number of aromatic nitrogens is 3. The largest absolute Gasteiger partial charge is 0.352 e. The van der Waals surface area contributed by atoms with E-state index in [0.29, 0.717) is 18.2 Å². The third kappa shape index (κ3) is 4.01. The van der Waals surface area contributed by atoms with Crippen molar-refractivity contribution in [2.75, 3.05) is 18.4 Å². The number of amides is 1. The predicted molar refractivity (Wildman–Crippen MR) is 110 cm³/mol. The van der Waals surface area contributed by atoms with Gasteiger partial charge >= 0.3 is 0 Å². The Balaban J connectivity index is 1.48. The van der Waals surface area contributed by atoms with Crippen molar-refractivity contribution in [1.29, 1.82) is 0 Å². The third-order valence-corrected chi connectivity index (χ3v) is 5.85. The topological polar surface area (TPSA) is 71.0 Å². The summed E-state index contributed by atoms with van der Waals surface area (Å²) in [5.41, 5.74) is 3.31. The number of halogens is 1. The number of carbonyl (C=O) groups excluding carboxylic acids is 1. The van der Waals surface area contributed by atoms with Crippen molar-refractivity contribution in [3.63, 3.8) is 0 Å². The zero-order chi connectivity index (χ0) is 18.6. The van der Waals surface area contributed by atoms with Crippen molar-refractivity contribution in [1.82, 2.24) is 19.9 Å². The molecule has 0 aliphatic carbocycles. The van der Waals surface area contributed by atoms with Gasteiger partial charge in [0.25, 0.3) is 5.91 Å². The highest BCUT2D eigenvalue weighted by Crippen LogP contribution is 2.30. The van der Waals surface area contributed by atoms with Crippen LogP contribution in [0.5, 0.6) is 0 Å². The molecule has 8 heteroatoms. The Kier molecular flexibility index (Phi) is 5.45. The van der Waals surface area contributed by atoms with E-state index in [2.05, 4.69) is 36.2 Å². The monoisotopic (exact) mass is 443 g/mol. The van der Waals surface area contributed by atoms with Crippen molar-refractivity contribution in [3.05, 3.63) is 58.4 Å². The molecule has 1 aromatic carbocycles. The average Bonchev–Trinajstić information content (AvgIpc) is 3.37. The summed E-state index contributed by atoms with van der Waals surface area (Å²) < 4.78 is 0.836. The van der Waals surface area contributed by atoms with E-state index in [4.69, 9.17) is 0 Å². The first-order valence-corrected chi connectivity index (χ1v) is 10.4. The number of hydrogen-bond acceptors (Lipinski definition) is 6. The van der Waals surface area contributed by atoms with Gasteiger partial charge in [-0.1, -0.05) is 30.3 Å². The maximum atomic E-state index is 13.2. The van der Waals surface area contributed by atoms with E-state index in [-0.39, 0.29) is 11.9 Å². The zero-order valence-corrected chi connectivity index (χ0v) is 16.9. The molecule has 0 saturated carbocycles. The predicted octanol–water partition coefficient (Wildman–Crippen LogP) is 4.08. The van der Waals surface area contributed by atoms with E-state index in [9.17, 15) is 4.79 Å². The summed E-state index contributed by atoms with van der Waals surface area (Å²) in [6.45, 7) is 1.37. The van der Waals surface area contributed by atoms with Crippen LogP contribution in [0.4, 0.5) is 5.95 Å². The van der Waals surface area contributed by atoms with Gasteiger partial charge in [-0.05, 0) is 34.3 Å². The zero-order valence-electron chi connectivity index (χ0n) is 14.5. The first-order valence-electron chi connectivity index (χ1n) is 8.73. The minimum absolute atomic E-state index is 0.00359. The second-order valence-corrected chi connectivity index (χ2v) is 8.07. The normalized spacial score (nSPS) is 16.5. The number of anilines is 1. The molecule has 1 fully saturated rings. The second kappa shape index (κ2) is 8.14. The highest BCUT2D eigenvalue weighted by Gasteiger charge is 2.32. The molecule has 0 radical (unpaired) electrons. The lowest BCUT2D eigenvalue weighted by Crippen LogP contribution is -2.40. The van der Waals surface area contributed by atoms with Gasteiger partial charge in [0, 0.05) is 31.5 Å². The molecule has 1 unspecified atom stereocenters. The average molecular weight is 444 g/mol. The van der Waals surface area contributed by atoms with Crippen LogP contribution >= 0.6 is 27.3 Å². The van der Waals surface area contributed by atoms with Gasteiger partial charge < -0.3 is 10.2 Å². The van der Waals surface area contributed by atoms with Crippen molar-refractivity contribution >= 4 is 39.1 Å². The molecule has 6 nitrogen and oxygen atoms in total. The summed E-state index contributed by atoms with van der Waals surface area (Å²) in [5.74, 6) is 0.562. The number of thiazole rings is 1. The van der Waals surface area contributed by atoms with Gasteiger partial charge in [0.15, 0.2) is 0 Å². The van der Waals surface area contributed by atoms with E-state index in [1.807, 2.05) is 35.2 Å². The van der Waals surface area contributed by atoms with Gasteiger partial charge in [0.1, 0.15) is 5.69 Å². The molecule has 3 aromatic rings. The molecule has 2 aromatic heterocycles. The fourth-order valence-electron chi connectivity index (χ4n) is 3.26. The summed E-state index contributed by atoms with van der Waals surface area (Å²) in [4.78, 5) is 28.9. The second-order valence-electron chi connectivity index (χ2n) is 6.30. The SMILES string of the molecule is O=C(c1ncsc1-c1ccccc1)N1CCCC1CNc1ncc(Br)cn1. The van der Waals surface area contributed by atoms with Crippen molar-refractivity contribution in [2.24, 2.45) is 0 Å². The molecule has 0 spiro atoms. The fourth-order valence-corrected chi connectivity index (χ4v) is 4.25. The standard InChI is InChI=1S/C19H18BrN5OS/c20-14-9-21-19(22-10-14)23-11-15-7-4-8-25(15)18(26)16-17(27-12-24-16)13-5-2-1-3-6-13/h1-3,5-6,9-10,12,15H,4,7-8,11H2,(H,21,22,23). The number of hydrogen-bond donors (Lipinski definition) is 1. The lowest BCUT2D eigenvalue weighted by molar-refractivity contribution is 0.0739. The molecule has 138 valence electrons. The van der Waals surface area contributed by atoms with Gasteiger partial charge in [-0.2, -0.15) is 0 Å². The van der Waals surface area contributed by atoms with Gasteiger partial charge in [0.2, 0.25) is 5.95 Å². The van der Waals surface area contributed by atoms with Crippen molar-refractivity contribution in [3.8, 4) is 10.4 Å². The number of nitrogens with zero attached hydrogens (tertiary/aromatic N) is 4. The van der Waals surface area contributed by atoms with Gasteiger partial charge in [0.05, 0.1) is 14.9 Å². The van der Waals surface area contributed by atoms with Crippen LogP contribution < -0.4 is 5.32 Å². The number of nitrogens with one attached hydrogen (secondary N) is 1. The summed E-state index contributed by atoms with van der Waals surface area (Å²) >= 11 is 4.83. The molecule has 3 heterocycles. The van der Waals surface area contributed by atoms with Crippen molar-refractivity contribution < 1.29 is 4.79 Å². The minimum Gasteiger partial charge on any atom is -0.352 e. The van der Waals surface area contributed by atoms with Crippen LogP contribution in [0.25, 0.3) is 10.4 Å². The molecule has 1 aliphatic heterocycles. The molecular formula is C19H18BrN5OS. The Bertz CT molecular complexity index is 915. The quantitative estimate of drug-likeness (QED) is 0.642. The molecule has 1 aliphatic rings. The first kappa shape index (κ1) is 18.1. The van der Waals surface area contributed by atoms with Gasteiger partial charge in [-0.25, -0.2) is 15.0 Å². The van der Waals surface area contributed by atoms with E-state index in [0.717, 1.165) is 34.3 Å². The van der Waals surface area contributed by atoms with Crippen LogP contribution in [0, 0.1) is 0 Å². The smallest absolute Gasteiger partial charge is 0.274 e. The Morgan fingerprint density at radius 2 is 2.00 bits per heavy atom. The fraction of sp³-hybridized carbons (Fsp3) is 0.263. The minimum atomic E-state index is -0.00359. The lowest BCUT2D eigenvalue weighted by Gasteiger charge is -2.24. The van der Waals surface area contributed by atoms with Crippen LogP contribution in [0.3, 0.4) is 0 Å². The molecule has 1 saturated heterocycles. The molecular weight excluding hydrogens is 426 g/mol. The first-order chi connectivity index (χ1) is 13.2. The molecule has 27 heavy (non-hydrogen) atoms. The highest BCUT2D eigenvalue weighted by atomic mass is 79.9. The van der Waals surface area contributed by atoms with Crippen molar-refractivity contribution in [2.45, 2.75) is 18.9 Å². The van der Waals surface area contributed by atoms with E-state index in [1.165, 1.54) is 11.3 Å². The number of carbonyl (C=O) groups is 1. The highest BCUT2D eigenvalue weighted by molar-refractivity contribution is 9.10. The third-order valence-electron chi connectivity index (χ3n) is 4.56. The molecule has 1 atom stereocenters. The Morgan fingerprint density at radius 1 is 1.22 bits per heavy atom. The summed E-state index contributed by atoms with van der Waals surface area (Å²) in [6, 6.07) is 10.1. The maximum Gasteiger partial charge on any atom is 0.274 e. The summed E-state index contributed by atoms with van der Waals surface area (Å²) in [7, 11) is 0. The van der Waals surface area contributed by atoms with E-state index in [1.54, 1.807) is 17.9 Å². The molecule has 4 rings (SSSR count). The number of likely N-dealkylation sites (tertiary alicyclic amines) is 1. The summed E-state index contributed by atoms with van der Waals surface area (Å²) in [6.07, 6.45) is 5.35. The summed E-state index contributed by atoms with van der Waals surface area (Å²) in [5, 5.41) is 3.24. The van der Waals surface area contributed by atoms with Crippen LogP contribution in [-0.2, 0) is 0 Å².